The number of aliphatic hydroxyl groups excluding tert-OH is 1. The molecule has 0 aliphatic heterocycles. The van der Waals surface area contributed by atoms with Gasteiger partial charge in [0, 0.05) is 17.9 Å². The highest BCUT2D eigenvalue weighted by molar-refractivity contribution is 8.76. The maximum atomic E-state index is 11.2. The molecular weight excluding hydrogens is 246 g/mol. The van der Waals surface area contributed by atoms with E-state index in [1.165, 1.54) is 0 Å². The Kier molecular flexibility index (Phi) is 11.6. The largest absolute Gasteiger partial charge is 0.465 e. The van der Waals surface area contributed by atoms with Crippen LogP contribution in [-0.2, 0) is 9.53 Å². The average Bonchev–Trinajstić information content (AvgIpc) is 2.22. The van der Waals surface area contributed by atoms with Gasteiger partial charge in [-0.3, -0.25) is 4.79 Å². The summed E-state index contributed by atoms with van der Waals surface area (Å²) in [6.45, 7) is 1.57. The molecule has 0 aromatic heterocycles. The third-order valence-electron chi connectivity index (χ3n) is 1.67. The summed E-state index contributed by atoms with van der Waals surface area (Å²) in [5.74, 6) is 1.39. The molecule has 0 aromatic rings. The van der Waals surface area contributed by atoms with Gasteiger partial charge in [-0.2, -0.15) is 0 Å². The van der Waals surface area contributed by atoms with Crippen molar-refractivity contribution in [3.8, 4) is 0 Å². The smallest absolute Gasteiger partial charge is 0.305 e. The van der Waals surface area contributed by atoms with E-state index in [0.717, 1.165) is 24.5 Å². The van der Waals surface area contributed by atoms with Gasteiger partial charge in [-0.15, -0.1) is 0 Å². The molecular formula is C10H21NO3S2. The van der Waals surface area contributed by atoms with Crippen molar-refractivity contribution in [2.45, 2.75) is 12.8 Å². The quantitative estimate of drug-likeness (QED) is 0.365. The standard InChI is InChI=1S/C10H21NO3S2/c1-11(2)5-3-4-10(13)14-7-9-16-15-8-6-12/h12H,3-9H2,1-2H3. The Balaban J connectivity index is 3.17. The topological polar surface area (TPSA) is 49.8 Å². The predicted molar refractivity (Wildman–Crippen MR) is 70.7 cm³/mol. The molecule has 1 N–H and O–H groups in total. The fourth-order valence-corrected chi connectivity index (χ4v) is 2.55. The molecule has 0 aliphatic rings. The van der Waals surface area contributed by atoms with Gasteiger partial charge in [-0.1, -0.05) is 21.6 Å². The third kappa shape index (κ3) is 12.2. The average molecular weight is 267 g/mol. The Morgan fingerprint density at radius 2 is 2.00 bits per heavy atom. The second kappa shape index (κ2) is 11.6. The van der Waals surface area contributed by atoms with Crippen LogP contribution in [0.5, 0.6) is 0 Å². The Bertz CT molecular complexity index is 179. The molecule has 0 rings (SSSR count). The highest BCUT2D eigenvalue weighted by Gasteiger charge is 2.02. The molecule has 0 aromatic carbocycles. The van der Waals surface area contributed by atoms with Gasteiger partial charge in [0.05, 0.1) is 6.61 Å². The normalized spacial score (nSPS) is 10.8. The van der Waals surface area contributed by atoms with Gasteiger partial charge in [0.2, 0.25) is 0 Å². The van der Waals surface area contributed by atoms with E-state index in [1.807, 2.05) is 14.1 Å². The molecule has 0 aliphatic carbocycles. The maximum absolute atomic E-state index is 11.2. The number of hydrogen-bond donors (Lipinski definition) is 1. The van der Waals surface area contributed by atoms with Crippen molar-refractivity contribution in [1.29, 1.82) is 0 Å². The number of carbonyl (C=O) groups excluding carboxylic acids is 1. The first-order chi connectivity index (χ1) is 7.66. The molecule has 0 fully saturated rings. The zero-order valence-corrected chi connectivity index (χ0v) is 11.6. The summed E-state index contributed by atoms with van der Waals surface area (Å²) < 4.78 is 5.05. The Labute approximate surface area is 105 Å². The molecule has 0 unspecified atom stereocenters. The lowest BCUT2D eigenvalue weighted by Gasteiger charge is -2.08. The summed E-state index contributed by atoms with van der Waals surface area (Å²) in [6.07, 6.45) is 1.34. The first-order valence-corrected chi connectivity index (χ1v) is 7.81. The van der Waals surface area contributed by atoms with E-state index in [4.69, 9.17) is 9.84 Å². The third-order valence-corrected chi connectivity index (χ3v) is 4.02. The highest BCUT2D eigenvalue weighted by Crippen LogP contribution is 2.19. The molecule has 96 valence electrons. The zero-order valence-electron chi connectivity index (χ0n) is 9.98. The van der Waals surface area contributed by atoms with Crippen molar-refractivity contribution in [1.82, 2.24) is 4.90 Å². The van der Waals surface area contributed by atoms with Gasteiger partial charge < -0.3 is 14.7 Å². The van der Waals surface area contributed by atoms with Crippen molar-refractivity contribution < 1.29 is 14.6 Å². The lowest BCUT2D eigenvalue weighted by Crippen LogP contribution is -2.15. The van der Waals surface area contributed by atoms with E-state index in [2.05, 4.69) is 4.90 Å². The van der Waals surface area contributed by atoms with Crippen LogP contribution in [0.15, 0.2) is 0 Å². The summed E-state index contributed by atoms with van der Waals surface area (Å²) in [5.41, 5.74) is 0. The molecule has 16 heavy (non-hydrogen) atoms. The first kappa shape index (κ1) is 16.1. The molecule has 0 bridgehead atoms. The SMILES string of the molecule is CN(C)CCCC(=O)OCCSSCCO. The molecule has 0 radical (unpaired) electrons. The minimum absolute atomic E-state index is 0.116. The van der Waals surface area contributed by atoms with Crippen LogP contribution < -0.4 is 0 Å². The lowest BCUT2D eigenvalue weighted by atomic mass is 10.3. The van der Waals surface area contributed by atoms with Crippen LogP contribution in [0.25, 0.3) is 0 Å². The van der Waals surface area contributed by atoms with Gasteiger partial charge in [0.15, 0.2) is 0 Å². The van der Waals surface area contributed by atoms with E-state index >= 15 is 0 Å². The van der Waals surface area contributed by atoms with Gasteiger partial charge in [0.25, 0.3) is 0 Å². The highest BCUT2D eigenvalue weighted by atomic mass is 33.1. The van der Waals surface area contributed by atoms with Crippen molar-refractivity contribution >= 4 is 27.6 Å². The fraction of sp³-hybridized carbons (Fsp3) is 0.900. The number of esters is 1. The number of hydrogen-bond acceptors (Lipinski definition) is 6. The molecule has 0 atom stereocenters. The summed E-state index contributed by atoms with van der Waals surface area (Å²) >= 11 is 0. The predicted octanol–water partition coefficient (Wildman–Crippen LogP) is 1.25. The second-order valence-electron chi connectivity index (χ2n) is 3.49. The maximum Gasteiger partial charge on any atom is 0.305 e. The van der Waals surface area contributed by atoms with E-state index in [1.54, 1.807) is 21.6 Å². The minimum atomic E-state index is -0.116. The van der Waals surface area contributed by atoms with Gasteiger partial charge in [-0.25, -0.2) is 0 Å². The summed E-state index contributed by atoms with van der Waals surface area (Å²) in [7, 11) is 7.19. The van der Waals surface area contributed by atoms with Gasteiger partial charge in [0.1, 0.15) is 6.61 Å². The molecule has 0 saturated carbocycles. The van der Waals surface area contributed by atoms with E-state index in [-0.39, 0.29) is 12.6 Å². The van der Waals surface area contributed by atoms with Crippen LogP contribution in [0, 0.1) is 0 Å². The van der Waals surface area contributed by atoms with Crippen LogP contribution in [-0.4, -0.2) is 61.3 Å². The van der Waals surface area contributed by atoms with Crippen LogP contribution >= 0.6 is 21.6 Å². The van der Waals surface area contributed by atoms with E-state index in [0.29, 0.717) is 13.0 Å². The minimum Gasteiger partial charge on any atom is -0.465 e. The molecule has 6 heteroatoms. The monoisotopic (exact) mass is 267 g/mol. The van der Waals surface area contributed by atoms with Crippen LogP contribution in [0.2, 0.25) is 0 Å². The Morgan fingerprint density at radius 1 is 1.31 bits per heavy atom. The number of carbonyl (C=O) groups is 1. The molecule has 0 saturated heterocycles. The van der Waals surface area contributed by atoms with E-state index in [9.17, 15) is 4.79 Å². The van der Waals surface area contributed by atoms with Crippen molar-refractivity contribution in [3.05, 3.63) is 0 Å². The van der Waals surface area contributed by atoms with Crippen molar-refractivity contribution in [3.63, 3.8) is 0 Å². The number of rotatable bonds is 10. The van der Waals surface area contributed by atoms with Crippen LogP contribution in [0.4, 0.5) is 0 Å². The van der Waals surface area contributed by atoms with Crippen LogP contribution in [0.3, 0.4) is 0 Å². The molecule has 4 nitrogen and oxygen atoms in total. The Hall–Kier alpha value is 0.0900. The number of aliphatic hydroxyl groups is 1. The van der Waals surface area contributed by atoms with Gasteiger partial charge in [-0.05, 0) is 27.1 Å². The lowest BCUT2D eigenvalue weighted by molar-refractivity contribution is -0.143. The summed E-state index contributed by atoms with van der Waals surface area (Å²) in [4.78, 5) is 13.3. The summed E-state index contributed by atoms with van der Waals surface area (Å²) in [6, 6.07) is 0. The van der Waals surface area contributed by atoms with Gasteiger partial charge >= 0.3 is 5.97 Å². The molecule has 0 amide bonds. The molecule has 0 heterocycles. The first-order valence-electron chi connectivity index (χ1n) is 5.32. The molecule has 0 spiro atoms. The number of nitrogens with zero attached hydrogens (tertiary/aromatic N) is 1. The zero-order chi connectivity index (χ0) is 12.2. The van der Waals surface area contributed by atoms with E-state index < -0.39 is 0 Å². The summed E-state index contributed by atoms with van der Waals surface area (Å²) in [5, 5.41) is 8.53. The van der Waals surface area contributed by atoms with Crippen molar-refractivity contribution in [2.24, 2.45) is 0 Å². The fourth-order valence-electron chi connectivity index (χ4n) is 0.956. The van der Waals surface area contributed by atoms with Crippen molar-refractivity contribution in [2.75, 3.05) is 45.4 Å². The van der Waals surface area contributed by atoms with Crippen LogP contribution in [0.1, 0.15) is 12.8 Å². The second-order valence-corrected chi connectivity index (χ2v) is 6.20. The number of ether oxygens (including phenoxy) is 1. The Morgan fingerprint density at radius 3 is 2.62 bits per heavy atom.